The van der Waals surface area contributed by atoms with Gasteiger partial charge in [0.2, 0.25) is 0 Å². The van der Waals surface area contributed by atoms with Crippen molar-refractivity contribution < 1.29 is 9.18 Å². The maximum absolute atomic E-state index is 13.4. The van der Waals surface area contributed by atoms with E-state index in [-0.39, 0.29) is 17.8 Å². The number of carbonyl (C=O) groups is 1. The highest BCUT2D eigenvalue weighted by molar-refractivity contribution is 7.13. The van der Waals surface area contributed by atoms with Crippen LogP contribution in [0.4, 0.5) is 4.39 Å². The van der Waals surface area contributed by atoms with E-state index in [1.807, 2.05) is 24.4 Å². The lowest BCUT2D eigenvalue weighted by Crippen LogP contribution is -2.34. The zero-order valence-corrected chi connectivity index (χ0v) is 18.6. The summed E-state index contributed by atoms with van der Waals surface area (Å²) >= 11 is 1.57. The van der Waals surface area contributed by atoms with Crippen LogP contribution in [0.1, 0.15) is 44.1 Å². The maximum atomic E-state index is 13.4. The zero-order valence-electron chi connectivity index (χ0n) is 17.8. The third kappa shape index (κ3) is 5.55. The highest BCUT2D eigenvalue weighted by atomic mass is 32.1. The molecule has 0 aliphatic carbocycles. The van der Waals surface area contributed by atoms with E-state index in [0.29, 0.717) is 11.4 Å². The first kappa shape index (κ1) is 22.2. The number of thiophene rings is 1. The molecule has 0 radical (unpaired) electrons. The molecule has 0 fully saturated rings. The number of hydrogen-bond acceptors (Lipinski definition) is 4. The molecule has 0 aliphatic rings. The fraction of sp³-hybridized carbons (Fsp3) is 0.391. The Hall–Kier alpha value is -2.51. The Balaban J connectivity index is 1.76. The van der Waals surface area contributed by atoms with Gasteiger partial charge in [0.1, 0.15) is 17.2 Å². The van der Waals surface area contributed by atoms with Gasteiger partial charge >= 0.3 is 0 Å². The van der Waals surface area contributed by atoms with Gasteiger partial charge in [-0.2, -0.15) is 5.10 Å². The van der Waals surface area contributed by atoms with Crippen LogP contribution in [0.3, 0.4) is 0 Å². The second kappa shape index (κ2) is 10.5. The first-order valence-electron chi connectivity index (χ1n) is 10.4. The van der Waals surface area contributed by atoms with Crippen LogP contribution in [0.2, 0.25) is 0 Å². The molecule has 1 N–H and O–H groups in total. The van der Waals surface area contributed by atoms with Crippen LogP contribution in [-0.4, -0.2) is 46.3 Å². The molecule has 1 amide bonds. The standard InChI is InChI=1S/C23H29FN4OS/c1-4-27(5-2)14-6-8-17(3)25-23(29)21-16-20(22-9-7-15-30-22)26-28(21)19-12-10-18(24)11-13-19/h7,9-13,15-17H,4-6,8,14H2,1-3H3,(H,25,29)/t17-/m0/s1. The van der Waals surface area contributed by atoms with Gasteiger partial charge in [0.15, 0.2) is 0 Å². The summed E-state index contributed by atoms with van der Waals surface area (Å²) in [6.07, 6.45) is 1.94. The molecule has 30 heavy (non-hydrogen) atoms. The Kier molecular flexibility index (Phi) is 7.76. The lowest BCUT2D eigenvalue weighted by Gasteiger charge is -2.20. The van der Waals surface area contributed by atoms with Crippen LogP contribution in [0.15, 0.2) is 47.8 Å². The number of rotatable bonds is 10. The van der Waals surface area contributed by atoms with Gasteiger partial charge in [-0.05, 0) is 81.2 Å². The predicted molar refractivity (Wildman–Crippen MR) is 121 cm³/mol. The lowest BCUT2D eigenvalue weighted by molar-refractivity contribution is 0.0929. The average molecular weight is 429 g/mol. The van der Waals surface area contributed by atoms with Crippen molar-refractivity contribution in [3.8, 4) is 16.3 Å². The summed E-state index contributed by atoms with van der Waals surface area (Å²) in [5.74, 6) is -0.498. The van der Waals surface area contributed by atoms with Crippen LogP contribution in [0, 0.1) is 5.82 Å². The molecule has 2 heterocycles. The first-order valence-corrected chi connectivity index (χ1v) is 11.3. The number of benzene rings is 1. The molecule has 1 atom stereocenters. The summed E-state index contributed by atoms with van der Waals surface area (Å²) in [4.78, 5) is 16.4. The van der Waals surface area contributed by atoms with Crippen LogP contribution >= 0.6 is 11.3 Å². The van der Waals surface area contributed by atoms with Crippen LogP contribution in [-0.2, 0) is 0 Å². The molecule has 3 aromatic rings. The Bertz CT molecular complexity index is 933. The van der Waals surface area contributed by atoms with Crippen molar-refractivity contribution >= 4 is 17.2 Å². The van der Waals surface area contributed by atoms with Gasteiger partial charge in [0, 0.05) is 6.04 Å². The summed E-state index contributed by atoms with van der Waals surface area (Å²) in [6, 6.07) is 11.8. The second-order valence-corrected chi connectivity index (χ2v) is 8.27. The minimum Gasteiger partial charge on any atom is -0.348 e. The maximum Gasteiger partial charge on any atom is 0.270 e. The van der Waals surface area contributed by atoms with Crippen molar-refractivity contribution in [1.82, 2.24) is 20.0 Å². The minimum atomic E-state index is -0.322. The molecule has 3 rings (SSSR count). The topological polar surface area (TPSA) is 50.2 Å². The Morgan fingerprint density at radius 2 is 1.97 bits per heavy atom. The number of aromatic nitrogens is 2. The van der Waals surface area contributed by atoms with E-state index in [2.05, 4.69) is 29.2 Å². The van der Waals surface area contributed by atoms with Crippen molar-refractivity contribution in [1.29, 1.82) is 0 Å². The molecule has 0 spiro atoms. The van der Waals surface area contributed by atoms with Gasteiger partial charge in [0.25, 0.3) is 5.91 Å². The third-order valence-corrected chi connectivity index (χ3v) is 6.06. The van der Waals surface area contributed by atoms with Gasteiger partial charge in [-0.1, -0.05) is 19.9 Å². The Morgan fingerprint density at radius 1 is 1.23 bits per heavy atom. The van der Waals surface area contributed by atoms with E-state index in [1.165, 1.54) is 12.1 Å². The van der Waals surface area contributed by atoms with E-state index in [4.69, 9.17) is 0 Å². The molecular weight excluding hydrogens is 399 g/mol. The van der Waals surface area contributed by atoms with E-state index < -0.39 is 0 Å². The smallest absolute Gasteiger partial charge is 0.270 e. The SMILES string of the molecule is CCN(CC)CCC[C@H](C)NC(=O)c1cc(-c2cccs2)nn1-c1ccc(F)cc1. The number of amides is 1. The van der Waals surface area contributed by atoms with E-state index in [0.717, 1.165) is 43.0 Å². The largest absolute Gasteiger partial charge is 0.348 e. The molecule has 2 aromatic heterocycles. The number of nitrogens with zero attached hydrogens (tertiary/aromatic N) is 3. The summed E-state index contributed by atoms with van der Waals surface area (Å²) in [6.45, 7) is 9.47. The first-order chi connectivity index (χ1) is 14.5. The molecule has 0 aliphatic heterocycles. The third-order valence-electron chi connectivity index (χ3n) is 5.17. The van der Waals surface area contributed by atoms with Crippen LogP contribution in [0.25, 0.3) is 16.3 Å². The van der Waals surface area contributed by atoms with Crippen molar-refractivity contribution in [2.75, 3.05) is 19.6 Å². The molecule has 0 bridgehead atoms. The number of nitrogens with one attached hydrogen (secondary N) is 1. The van der Waals surface area contributed by atoms with E-state index in [1.54, 1.807) is 34.2 Å². The predicted octanol–water partition coefficient (Wildman–Crippen LogP) is 4.98. The number of carbonyl (C=O) groups excluding carboxylic acids is 1. The number of hydrogen-bond donors (Lipinski definition) is 1. The van der Waals surface area contributed by atoms with Gasteiger partial charge in [0.05, 0.1) is 10.6 Å². The van der Waals surface area contributed by atoms with Gasteiger partial charge in [-0.25, -0.2) is 9.07 Å². The number of halogens is 1. The highest BCUT2D eigenvalue weighted by Gasteiger charge is 2.19. The fourth-order valence-corrected chi connectivity index (χ4v) is 4.08. The Morgan fingerprint density at radius 3 is 2.60 bits per heavy atom. The lowest BCUT2D eigenvalue weighted by atomic mass is 10.1. The molecule has 5 nitrogen and oxygen atoms in total. The van der Waals surface area contributed by atoms with Crippen molar-refractivity contribution in [3.05, 3.63) is 59.4 Å². The van der Waals surface area contributed by atoms with Crippen LogP contribution in [0.5, 0.6) is 0 Å². The van der Waals surface area contributed by atoms with Crippen molar-refractivity contribution in [3.63, 3.8) is 0 Å². The van der Waals surface area contributed by atoms with E-state index in [9.17, 15) is 9.18 Å². The molecule has 0 saturated carbocycles. The van der Waals surface area contributed by atoms with Crippen LogP contribution < -0.4 is 5.32 Å². The summed E-state index contributed by atoms with van der Waals surface area (Å²) in [7, 11) is 0. The summed E-state index contributed by atoms with van der Waals surface area (Å²) in [5.41, 5.74) is 1.83. The van der Waals surface area contributed by atoms with Gasteiger partial charge < -0.3 is 10.2 Å². The fourth-order valence-electron chi connectivity index (χ4n) is 3.40. The monoisotopic (exact) mass is 428 g/mol. The highest BCUT2D eigenvalue weighted by Crippen LogP contribution is 2.26. The quantitative estimate of drug-likeness (QED) is 0.495. The van der Waals surface area contributed by atoms with Crippen molar-refractivity contribution in [2.24, 2.45) is 0 Å². The molecule has 0 saturated heterocycles. The summed E-state index contributed by atoms with van der Waals surface area (Å²) < 4.78 is 15.0. The molecule has 0 unspecified atom stereocenters. The minimum absolute atomic E-state index is 0.0508. The van der Waals surface area contributed by atoms with E-state index >= 15 is 0 Å². The zero-order chi connectivity index (χ0) is 21.5. The second-order valence-electron chi connectivity index (χ2n) is 7.32. The molecule has 160 valence electrons. The average Bonchev–Trinajstić information content (AvgIpc) is 3.41. The normalized spacial score (nSPS) is 12.3. The summed E-state index contributed by atoms with van der Waals surface area (Å²) in [5, 5.41) is 9.70. The van der Waals surface area contributed by atoms with Gasteiger partial charge in [-0.3, -0.25) is 4.79 Å². The van der Waals surface area contributed by atoms with Crippen molar-refractivity contribution in [2.45, 2.75) is 39.7 Å². The van der Waals surface area contributed by atoms with Gasteiger partial charge in [-0.15, -0.1) is 11.3 Å². The molecule has 7 heteroatoms. The molecular formula is C23H29FN4OS. The Labute approximate surface area is 181 Å². The molecule has 1 aromatic carbocycles.